The van der Waals surface area contributed by atoms with Crippen LogP contribution in [-0.4, -0.2) is 48.2 Å². The summed E-state index contributed by atoms with van der Waals surface area (Å²) in [6, 6.07) is -0.429. The van der Waals surface area contributed by atoms with Crippen LogP contribution in [0.4, 0.5) is 0 Å². The maximum atomic E-state index is 10.7. The van der Waals surface area contributed by atoms with Gasteiger partial charge in [0.25, 0.3) is 0 Å². The summed E-state index contributed by atoms with van der Waals surface area (Å²) in [4.78, 5) is 12.7. The Bertz CT molecular complexity index is 208. The van der Waals surface area contributed by atoms with Crippen LogP contribution in [-0.2, 0) is 4.79 Å². The first-order valence-electron chi connectivity index (χ1n) is 4.22. The molecule has 1 rings (SSSR count). The zero-order chi connectivity index (χ0) is 9.68. The SMILES string of the molecule is O=C(O)[C@H]1CN(C/C=C/S)CCN1. The zero-order valence-corrected chi connectivity index (χ0v) is 8.20. The van der Waals surface area contributed by atoms with Crippen LogP contribution in [0.5, 0.6) is 0 Å². The largest absolute Gasteiger partial charge is 0.480 e. The van der Waals surface area contributed by atoms with Crippen LogP contribution in [0.15, 0.2) is 11.5 Å². The van der Waals surface area contributed by atoms with E-state index in [9.17, 15) is 4.79 Å². The van der Waals surface area contributed by atoms with Crippen molar-refractivity contribution in [1.29, 1.82) is 0 Å². The Hall–Kier alpha value is -0.520. The molecule has 13 heavy (non-hydrogen) atoms. The van der Waals surface area contributed by atoms with Crippen molar-refractivity contribution in [1.82, 2.24) is 10.2 Å². The van der Waals surface area contributed by atoms with E-state index in [1.54, 1.807) is 5.41 Å². The Morgan fingerprint density at radius 2 is 2.54 bits per heavy atom. The quantitative estimate of drug-likeness (QED) is 0.554. The Labute approximate surface area is 83.0 Å². The van der Waals surface area contributed by atoms with Crippen molar-refractivity contribution in [2.75, 3.05) is 26.2 Å². The monoisotopic (exact) mass is 202 g/mol. The molecule has 1 atom stereocenters. The highest BCUT2D eigenvalue weighted by Gasteiger charge is 2.23. The number of carboxylic acids is 1. The molecule has 0 aromatic carbocycles. The van der Waals surface area contributed by atoms with E-state index in [0.29, 0.717) is 6.54 Å². The molecule has 1 heterocycles. The molecular formula is C8H14N2O2S. The number of carboxylic acid groups (broad SMARTS) is 1. The van der Waals surface area contributed by atoms with Crippen LogP contribution in [0.1, 0.15) is 0 Å². The number of nitrogens with zero attached hydrogens (tertiary/aromatic N) is 1. The van der Waals surface area contributed by atoms with Crippen LogP contribution >= 0.6 is 12.6 Å². The van der Waals surface area contributed by atoms with Crippen LogP contribution in [0.2, 0.25) is 0 Å². The van der Waals surface area contributed by atoms with Crippen LogP contribution < -0.4 is 5.32 Å². The lowest BCUT2D eigenvalue weighted by atomic mass is 10.2. The first kappa shape index (κ1) is 10.6. The molecule has 0 unspecified atom stereocenters. The molecule has 4 nitrogen and oxygen atoms in total. The standard InChI is InChI=1S/C8H14N2O2S/c11-8(12)7-6-10(3-1-5-13)4-2-9-7/h1,5,7,9,13H,2-4,6H2,(H,11,12)/b5-1+/t7-/m1/s1. The Morgan fingerprint density at radius 1 is 1.77 bits per heavy atom. The van der Waals surface area contributed by atoms with Gasteiger partial charge in [0, 0.05) is 26.2 Å². The van der Waals surface area contributed by atoms with Gasteiger partial charge in [-0.25, -0.2) is 0 Å². The third-order valence-electron chi connectivity index (χ3n) is 2.03. The minimum absolute atomic E-state index is 0.429. The van der Waals surface area contributed by atoms with Gasteiger partial charge in [0.05, 0.1) is 0 Å². The van der Waals surface area contributed by atoms with Crippen molar-refractivity contribution >= 4 is 18.6 Å². The third kappa shape index (κ3) is 3.38. The molecule has 0 aromatic heterocycles. The van der Waals surface area contributed by atoms with Gasteiger partial charge in [0.2, 0.25) is 0 Å². The minimum Gasteiger partial charge on any atom is -0.480 e. The number of hydrogen-bond donors (Lipinski definition) is 3. The molecular weight excluding hydrogens is 188 g/mol. The second kappa shape index (κ2) is 5.26. The van der Waals surface area contributed by atoms with Crippen LogP contribution in [0.25, 0.3) is 0 Å². The Morgan fingerprint density at radius 3 is 3.15 bits per heavy atom. The van der Waals surface area contributed by atoms with Crippen molar-refractivity contribution in [3.8, 4) is 0 Å². The van der Waals surface area contributed by atoms with Crippen molar-refractivity contribution in [2.24, 2.45) is 0 Å². The molecule has 0 bridgehead atoms. The van der Waals surface area contributed by atoms with Gasteiger partial charge in [-0.3, -0.25) is 9.69 Å². The molecule has 5 heteroatoms. The summed E-state index contributed by atoms with van der Waals surface area (Å²) >= 11 is 3.94. The fourth-order valence-electron chi connectivity index (χ4n) is 1.34. The first-order chi connectivity index (χ1) is 6.24. The number of rotatable bonds is 3. The molecule has 74 valence electrons. The summed E-state index contributed by atoms with van der Waals surface area (Å²) in [5.41, 5.74) is 0. The highest BCUT2D eigenvalue weighted by molar-refractivity contribution is 7.83. The summed E-state index contributed by atoms with van der Waals surface area (Å²) in [6.45, 7) is 2.96. The van der Waals surface area contributed by atoms with E-state index >= 15 is 0 Å². The Balaban J connectivity index is 2.37. The predicted molar refractivity (Wildman–Crippen MR) is 54.0 cm³/mol. The van der Waals surface area contributed by atoms with Crippen LogP contribution in [0.3, 0.4) is 0 Å². The van der Waals surface area contributed by atoms with Gasteiger partial charge in [-0.05, 0) is 5.41 Å². The van der Waals surface area contributed by atoms with Gasteiger partial charge in [-0.2, -0.15) is 12.6 Å². The molecule has 0 radical (unpaired) electrons. The minimum atomic E-state index is -0.778. The fraction of sp³-hybridized carbons (Fsp3) is 0.625. The van der Waals surface area contributed by atoms with Crippen molar-refractivity contribution in [3.05, 3.63) is 11.5 Å². The summed E-state index contributed by atoms with van der Waals surface area (Å²) in [5, 5.41) is 13.4. The number of piperazine rings is 1. The molecule has 2 N–H and O–H groups in total. The summed E-state index contributed by atoms with van der Waals surface area (Å²) in [6.07, 6.45) is 1.91. The van der Waals surface area contributed by atoms with E-state index in [1.165, 1.54) is 0 Å². The normalized spacial score (nSPS) is 25.2. The lowest BCUT2D eigenvalue weighted by molar-refractivity contribution is -0.140. The number of aliphatic carboxylic acids is 1. The molecule has 0 spiro atoms. The predicted octanol–water partition coefficient (Wildman–Crippen LogP) is -0.212. The lowest BCUT2D eigenvalue weighted by Crippen LogP contribution is -2.54. The lowest BCUT2D eigenvalue weighted by Gasteiger charge is -2.30. The highest BCUT2D eigenvalue weighted by atomic mass is 32.1. The van der Waals surface area contributed by atoms with Gasteiger partial charge in [-0.15, -0.1) is 0 Å². The molecule has 0 saturated carbocycles. The summed E-state index contributed by atoms with van der Waals surface area (Å²) in [7, 11) is 0. The number of thiol groups is 1. The van der Waals surface area contributed by atoms with Gasteiger partial charge in [0.1, 0.15) is 6.04 Å². The van der Waals surface area contributed by atoms with Gasteiger partial charge in [-0.1, -0.05) is 6.08 Å². The molecule has 0 aromatic rings. The summed E-state index contributed by atoms with van der Waals surface area (Å²) in [5.74, 6) is -0.778. The van der Waals surface area contributed by atoms with Gasteiger partial charge in [0.15, 0.2) is 0 Å². The second-order valence-electron chi connectivity index (χ2n) is 2.99. The highest BCUT2D eigenvalue weighted by Crippen LogP contribution is 1.99. The molecule has 1 fully saturated rings. The number of carbonyl (C=O) groups is 1. The average molecular weight is 202 g/mol. The molecule has 0 aliphatic carbocycles. The molecule has 0 amide bonds. The zero-order valence-electron chi connectivity index (χ0n) is 7.31. The van der Waals surface area contributed by atoms with Gasteiger partial charge < -0.3 is 10.4 Å². The number of hydrogen-bond acceptors (Lipinski definition) is 4. The Kier molecular flexibility index (Phi) is 4.27. The van der Waals surface area contributed by atoms with Crippen molar-refractivity contribution in [3.63, 3.8) is 0 Å². The number of nitrogens with one attached hydrogen (secondary N) is 1. The van der Waals surface area contributed by atoms with E-state index in [4.69, 9.17) is 5.11 Å². The molecule has 1 aliphatic rings. The van der Waals surface area contributed by atoms with Crippen LogP contribution in [0, 0.1) is 0 Å². The maximum absolute atomic E-state index is 10.7. The third-order valence-corrected chi connectivity index (χ3v) is 2.24. The fourth-order valence-corrected chi connectivity index (χ4v) is 1.43. The second-order valence-corrected chi connectivity index (χ2v) is 3.29. The molecule has 1 aliphatic heterocycles. The maximum Gasteiger partial charge on any atom is 0.322 e. The van der Waals surface area contributed by atoms with E-state index in [0.717, 1.165) is 19.6 Å². The summed E-state index contributed by atoms with van der Waals surface area (Å²) < 4.78 is 0. The van der Waals surface area contributed by atoms with E-state index < -0.39 is 12.0 Å². The van der Waals surface area contributed by atoms with E-state index in [2.05, 4.69) is 22.8 Å². The van der Waals surface area contributed by atoms with Crippen molar-refractivity contribution in [2.45, 2.75) is 6.04 Å². The van der Waals surface area contributed by atoms with Gasteiger partial charge >= 0.3 is 5.97 Å². The smallest absolute Gasteiger partial charge is 0.322 e. The van der Waals surface area contributed by atoms with Crippen molar-refractivity contribution < 1.29 is 9.90 Å². The first-order valence-corrected chi connectivity index (χ1v) is 4.73. The topological polar surface area (TPSA) is 52.6 Å². The van der Waals surface area contributed by atoms with E-state index in [1.807, 2.05) is 6.08 Å². The average Bonchev–Trinajstić information content (AvgIpc) is 2.15. The van der Waals surface area contributed by atoms with E-state index in [-0.39, 0.29) is 0 Å². The molecule has 1 saturated heterocycles.